The number of hydrogen-bond donors (Lipinski definition) is 2. The van der Waals surface area contributed by atoms with E-state index in [1.165, 1.54) is 0 Å². The number of hydrogen-bond acceptors (Lipinski definition) is 4. The van der Waals surface area contributed by atoms with Gasteiger partial charge in [-0.05, 0) is 19.8 Å². The molecule has 5 nitrogen and oxygen atoms in total. The molecule has 1 aromatic rings. The topological polar surface area (TPSA) is 77.0 Å². The third-order valence-corrected chi connectivity index (χ3v) is 4.02. The Bertz CT molecular complexity index is 365. The molecule has 1 aliphatic rings. The zero-order valence-corrected chi connectivity index (χ0v) is 10.5. The van der Waals surface area contributed by atoms with Gasteiger partial charge in [0.05, 0.1) is 6.10 Å². The van der Waals surface area contributed by atoms with E-state index in [-0.39, 0.29) is 11.5 Å². The SMILES string of the molecule is CCn1ncnc1CC1(CN)CCCCC1O. The normalized spacial score (nSPS) is 29.5. The molecule has 0 radical (unpaired) electrons. The van der Waals surface area contributed by atoms with Gasteiger partial charge in [-0.15, -0.1) is 0 Å². The minimum absolute atomic E-state index is 0.196. The molecule has 1 heterocycles. The lowest BCUT2D eigenvalue weighted by Crippen LogP contribution is -2.46. The van der Waals surface area contributed by atoms with Crippen LogP contribution in [0.1, 0.15) is 38.4 Å². The predicted octanol–water partition coefficient (Wildman–Crippen LogP) is 0.720. The lowest BCUT2D eigenvalue weighted by molar-refractivity contribution is -0.00769. The summed E-state index contributed by atoms with van der Waals surface area (Å²) in [7, 11) is 0. The van der Waals surface area contributed by atoms with Gasteiger partial charge in [0, 0.05) is 24.9 Å². The van der Waals surface area contributed by atoms with Gasteiger partial charge < -0.3 is 10.8 Å². The van der Waals surface area contributed by atoms with E-state index in [1.54, 1.807) is 6.33 Å². The molecule has 0 bridgehead atoms. The number of aryl methyl sites for hydroxylation is 1. The van der Waals surface area contributed by atoms with E-state index in [0.29, 0.717) is 6.54 Å². The highest BCUT2D eigenvalue weighted by Gasteiger charge is 2.39. The second-order valence-electron chi connectivity index (χ2n) is 5.00. The van der Waals surface area contributed by atoms with Gasteiger partial charge in [0.2, 0.25) is 0 Å². The Morgan fingerprint density at radius 1 is 1.59 bits per heavy atom. The van der Waals surface area contributed by atoms with E-state index in [2.05, 4.69) is 10.1 Å². The van der Waals surface area contributed by atoms with Crippen molar-refractivity contribution in [2.24, 2.45) is 11.1 Å². The van der Waals surface area contributed by atoms with Crippen LogP contribution in [-0.4, -0.2) is 32.5 Å². The van der Waals surface area contributed by atoms with Crippen LogP contribution in [0.3, 0.4) is 0 Å². The summed E-state index contributed by atoms with van der Waals surface area (Å²) in [6.07, 6.45) is 6.11. The number of nitrogens with two attached hydrogens (primary N) is 1. The molecular formula is C12H22N4O. The van der Waals surface area contributed by atoms with Crippen LogP contribution in [-0.2, 0) is 13.0 Å². The van der Waals surface area contributed by atoms with Crippen molar-refractivity contribution in [3.05, 3.63) is 12.2 Å². The van der Waals surface area contributed by atoms with Gasteiger partial charge in [-0.25, -0.2) is 4.98 Å². The summed E-state index contributed by atoms with van der Waals surface area (Å²) >= 11 is 0. The first kappa shape index (κ1) is 12.5. The summed E-state index contributed by atoms with van der Waals surface area (Å²) in [5.74, 6) is 0.943. The van der Waals surface area contributed by atoms with Crippen LogP contribution in [0.15, 0.2) is 6.33 Å². The molecule has 1 aliphatic carbocycles. The zero-order chi connectivity index (χ0) is 12.3. The van der Waals surface area contributed by atoms with Crippen molar-refractivity contribution in [3.8, 4) is 0 Å². The van der Waals surface area contributed by atoms with Crippen LogP contribution in [0.2, 0.25) is 0 Å². The summed E-state index contributed by atoms with van der Waals surface area (Å²) in [5, 5.41) is 14.4. The molecule has 1 saturated carbocycles. The highest BCUT2D eigenvalue weighted by atomic mass is 16.3. The van der Waals surface area contributed by atoms with Gasteiger partial charge in [0.25, 0.3) is 0 Å². The third-order valence-electron chi connectivity index (χ3n) is 4.02. The molecule has 17 heavy (non-hydrogen) atoms. The van der Waals surface area contributed by atoms with E-state index in [9.17, 15) is 5.11 Å². The van der Waals surface area contributed by atoms with Gasteiger partial charge in [0.1, 0.15) is 12.2 Å². The maximum absolute atomic E-state index is 10.2. The average Bonchev–Trinajstić information content (AvgIpc) is 2.79. The van der Waals surface area contributed by atoms with E-state index in [1.807, 2.05) is 11.6 Å². The second kappa shape index (κ2) is 5.14. The number of nitrogens with zero attached hydrogens (tertiary/aromatic N) is 3. The molecule has 1 fully saturated rings. The lowest BCUT2D eigenvalue weighted by atomic mass is 9.69. The fourth-order valence-electron chi connectivity index (χ4n) is 2.81. The smallest absolute Gasteiger partial charge is 0.138 e. The summed E-state index contributed by atoms with van der Waals surface area (Å²) < 4.78 is 1.89. The average molecular weight is 238 g/mol. The van der Waals surface area contributed by atoms with Gasteiger partial charge >= 0.3 is 0 Å². The quantitative estimate of drug-likeness (QED) is 0.810. The van der Waals surface area contributed by atoms with Gasteiger partial charge in [0.15, 0.2) is 0 Å². The Kier molecular flexibility index (Phi) is 3.79. The Morgan fingerprint density at radius 3 is 3.06 bits per heavy atom. The second-order valence-corrected chi connectivity index (χ2v) is 5.00. The summed E-state index contributed by atoms with van der Waals surface area (Å²) in [6.45, 7) is 3.38. The molecule has 0 aliphatic heterocycles. The molecule has 1 aromatic heterocycles. The predicted molar refractivity (Wildman–Crippen MR) is 65.4 cm³/mol. The minimum Gasteiger partial charge on any atom is -0.392 e. The zero-order valence-electron chi connectivity index (χ0n) is 10.5. The third kappa shape index (κ3) is 2.35. The van der Waals surface area contributed by atoms with Crippen molar-refractivity contribution in [2.45, 2.75) is 51.7 Å². The molecule has 0 amide bonds. The van der Waals surface area contributed by atoms with Crippen molar-refractivity contribution >= 4 is 0 Å². The summed E-state index contributed by atoms with van der Waals surface area (Å²) in [5.41, 5.74) is 5.72. The molecule has 5 heteroatoms. The highest BCUT2D eigenvalue weighted by Crippen LogP contribution is 2.38. The molecular weight excluding hydrogens is 216 g/mol. The first-order valence-corrected chi connectivity index (χ1v) is 6.46. The maximum Gasteiger partial charge on any atom is 0.138 e. The van der Waals surface area contributed by atoms with E-state index in [0.717, 1.165) is 44.5 Å². The lowest BCUT2D eigenvalue weighted by Gasteiger charge is -2.40. The first-order valence-electron chi connectivity index (χ1n) is 6.46. The van der Waals surface area contributed by atoms with E-state index >= 15 is 0 Å². The maximum atomic E-state index is 10.2. The van der Waals surface area contributed by atoms with Crippen LogP contribution in [0.4, 0.5) is 0 Å². The van der Waals surface area contributed by atoms with Crippen molar-refractivity contribution < 1.29 is 5.11 Å². The van der Waals surface area contributed by atoms with Gasteiger partial charge in [-0.3, -0.25) is 4.68 Å². The van der Waals surface area contributed by atoms with Crippen molar-refractivity contribution in [1.29, 1.82) is 0 Å². The van der Waals surface area contributed by atoms with Crippen molar-refractivity contribution in [3.63, 3.8) is 0 Å². The van der Waals surface area contributed by atoms with Crippen LogP contribution in [0, 0.1) is 5.41 Å². The molecule has 0 saturated heterocycles. The van der Waals surface area contributed by atoms with Gasteiger partial charge in [-0.2, -0.15) is 5.10 Å². The number of aliphatic hydroxyl groups is 1. The van der Waals surface area contributed by atoms with Crippen LogP contribution >= 0.6 is 0 Å². The standard InChI is InChI=1S/C12H22N4O/c1-2-16-11(14-9-15-16)7-12(8-13)6-4-3-5-10(12)17/h9-10,17H,2-8,13H2,1H3. The number of aliphatic hydroxyl groups excluding tert-OH is 1. The number of rotatable bonds is 4. The van der Waals surface area contributed by atoms with E-state index < -0.39 is 0 Å². The van der Waals surface area contributed by atoms with E-state index in [4.69, 9.17) is 5.73 Å². The molecule has 2 atom stereocenters. The Hall–Kier alpha value is -0.940. The summed E-state index contributed by atoms with van der Waals surface area (Å²) in [6, 6.07) is 0. The monoisotopic (exact) mass is 238 g/mol. The highest BCUT2D eigenvalue weighted by molar-refractivity contribution is 5.00. The molecule has 0 aromatic carbocycles. The molecule has 3 N–H and O–H groups in total. The largest absolute Gasteiger partial charge is 0.392 e. The fourth-order valence-corrected chi connectivity index (χ4v) is 2.81. The Morgan fingerprint density at radius 2 is 2.41 bits per heavy atom. The summed E-state index contributed by atoms with van der Waals surface area (Å²) in [4.78, 5) is 4.29. The fraction of sp³-hybridized carbons (Fsp3) is 0.833. The number of aromatic nitrogens is 3. The first-order chi connectivity index (χ1) is 8.22. The van der Waals surface area contributed by atoms with Crippen LogP contribution in [0.25, 0.3) is 0 Å². The Labute approximate surface area is 102 Å². The van der Waals surface area contributed by atoms with Crippen molar-refractivity contribution in [2.75, 3.05) is 6.54 Å². The molecule has 96 valence electrons. The molecule has 2 rings (SSSR count). The van der Waals surface area contributed by atoms with Crippen LogP contribution in [0.5, 0.6) is 0 Å². The molecule has 0 spiro atoms. The molecule has 2 unspecified atom stereocenters. The van der Waals surface area contributed by atoms with Crippen LogP contribution < -0.4 is 5.73 Å². The van der Waals surface area contributed by atoms with Crippen molar-refractivity contribution in [1.82, 2.24) is 14.8 Å². The minimum atomic E-state index is -0.303. The Balaban J connectivity index is 2.18. The van der Waals surface area contributed by atoms with Gasteiger partial charge in [-0.1, -0.05) is 12.8 Å².